The van der Waals surface area contributed by atoms with Gasteiger partial charge in [0.05, 0.1) is 24.3 Å². The third-order valence-electron chi connectivity index (χ3n) is 3.61. The van der Waals surface area contributed by atoms with Crippen LogP contribution in [-0.2, 0) is 25.4 Å². The number of rotatable bonds is 7. The Labute approximate surface area is 160 Å². The first kappa shape index (κ1) is 21.2. The van der Waals surface area contributed by atoms with Gasteiger partial charge in [-0.3, -0.25) is 8.74 Å². The van der Waals surface area contributed by atoms with Crippen molar-refractivity contribution in [1.82, 2.24) is 0 Å². The number of benzene rings is 2. The molecule has 0 saturated carbocycles. The zero-order valence-corrected chi connectivity index (χ0v) is 16.9. The molecule has 1 unspecified atom stereocenters. The molecule has 1 N–H and O–H groups in total. The minimum Gasteiger partial charge on any atom is -0.496 e. The van der Waals surface area contributed by atoms with Crippen LogP contribution in [0.15, 0.2) is 50.4 Å². The summed E-state index contributed by atoms with van der Waals surface area (Å²) in [6.07, 6.45) is 0. The van der Waals surface area contributed by atoms with Crippen LogP contribution in [0.1, 0.15) is 18.1 Å². The van der Waals surface area contributed by atoms with Gasteiger partial charge in [0.25, 0.3) is 10.1 Å². The van der Waals surface area contributed by atoms with Crippen molar-refractivity contribution >= 4 is 32.6 Å². The van der Waals surface area contributed by atoms with Crippen molar-refractivity contribution < 1.29 is 26.1 Å². The molecule has 2 aromatic carbocycles. The van der Waals surface area contributed by atoms with E-state index in [1.165, 1.54) is 19.2 Å². The van der Waals surface area contributed by atoms with Crippen molar-refractivity contribution in [3.63, 3.8) is 0 Å². The van der Waals surface area contributed by atoms with Crippen LogP contribution in [0.3, 0.4) is 0 Å². The normalized spacial score (nSPS) is 13.1. The summed E-state index contributed by atoms with van der Waals surface area (Å²) < 4.78 is 55.0. The van der Waals surface area contributed by atoms with Crippen LogP contribution in [0.5, 0.6) is 5.75 Å². The molecular weight excluding hydrogens is 392 g/mol. The van der Waals surface area contributed by atoms with Crippen LogP contribution in [0.25, 0.3) is 0 Å². The first-order valence-corrected chi connectivity index (χ1v) is 10.4. The summed E-state index contributed by atoms with van der Waals surface area (Å²) in [6, 6.07) is 7.31. The third kappa shape index (κ3) is 5.19. The lowest BCUT2D eigenvalue weighted by atomic mass is 10.1. The smallest absolute Gasteiger partial charge is 0.296 e. The highest BCUT2D eigenvalue weighted by atomic mass is 32.2. The maximum absolute atomic E-state index is 11.9. The number of nitrogens with zero attached hydrogens (tertiary/aromatic N) is 2. The van der Waals surface area contributed by atoms with E-state index in [0.717, 1.165) is 17.2 Å². The average Bonchev–Trinajstić information content (AvgIpc) is 2.60. The second kappa shape index (κ2) is 8.70. The zero-order valence-electron chi connectivity index (χ0n) is 15.3. The molecule has 8 nitrogen and oxygen atoms in total. The van der Waals surface area contributed by atoms with Gasteiger partial charge in [0.2, 0.25) is 0 Å². The third-order valence-corrected chi connectivity index (χ3v) is 5.58. The van der Waals surface area contributed by atoms with Crippen molar-refractivity contribution in [2.24, 2.45) is 10.2 Å². The van der Waals surface area contributed by atoms with Crippen molar-refractivity contribution in [2.75, 3.05) is 13.7 Å². The molecule has 10 heteroatoms. The Balaban J connectivity index is 2.50. The van der Waals surface area contributed by atoms with Gasteiger partial charge in [0.1, 0.15) is 16.3 Å². The van der Waals surface area contributed by atoms with Gasteiger partial charge < -0.3 is 4.74 Å². The van der Waals surface area contributed by atoms with Crippen LogP contribution in [0.2, 0.25) is 0 Å². The van der Waals surface area contributed by atoms with E-state index in [4.69, 9.17) is 8.92 Å². The highest BCUT2D eigenvalue weighted by molar-refractivity contribution is 7.86. The predicted molar refractivity (Wildman–Crippen MR) is 101 cm³/mol. The zero-order chi connectivity index (χ0) is 20.2. The van der Waals surface area contributed by atoms with Crippen LogP contribution in [0.4, 0.5) is 11.4 Å². The molecule has 0 bridgehead atoms. The van der Waals surface area contributed by atoms with E-state index in [-0.39, 0.29) is 17.2 Å². The molecule has 2 aromatic rings. The standard InChI is InChI=1S/C17H20N2O6S2/c1-5-25-26(20)13-6-7-14(17(9-13)27(21,22)23)18-19-15-10-16(24-4)12(3)8-11(15)2/h6-10H,5H2,1-4H3,(H,21,22,23). The van der Waals surface area contributed by atoms with Crippen molar-refractivity contribution in [1.29, 1.82) is 0 Å². The number of hydrogen-bond acceptors (Lipinski definition) is 7. The molecule has 27 heavy (non-hydrogen) atoms. The Bertz CT molecular complexity index is 1000. The van der Waals surface area contributed by atoms with Gasteiger partial charge in [-0.2, -0.15) is 13.5 Å². The Morgan fingerprint density at radius 3 is 2.33 bits per heavy atom. The van der Waals surface area contributed by atoms with Gasteiger partial charge in [-0.1, -0.05) is 6.07 Å². The molecule has 0 aromatic heterocycles. The highest BCUT2D eigenvalue weighted by Crippen LogP contribution is 2.32. The molecule has 1 atom stereocenters. The van der Waals surface area contributed by atoms with Crippen molar-refractivity contribution in [2.45, 2.75) is 30.6 Å². The first-order valence-electron chi connectivity index (χ1n) is 7.91. The number of aryl methyl sites for hydroxylation is 2. The van der Waals surface area contributed by atoms with Gasteiger partial charge >= 0.3 is 0 Å². The fourth-order valence-corrected chi connectivity index (χ4v) is 3.79. The molecule has 146 valence electrons. The van der Waals surface area contributed by atoms with Gasteiger partial charge in [0, 0.05) is 6.07 Å². The Kier molecular flexibility index (Phi) is 6.82. The summed E-state index contributed by atoms with van der Waals surface area (Å²) in [5, 5.41) is 8.02. The Morgan fingerprint density at radius 1 is 1.07 bits per heavy atom. The van der Waals surface area contributed by atoms with E-state index >= 15 is 0 Å². The summed E-state index contributed by atoms with van der Waals surface area (Å²) in [5.74, 6) is 0.618. The predicted octanol–water partition coefficient (Wildman–Crippen LogP) is 4.03. The molecule has 0 fully saturated rings. The quantitative estimate of drug-likeness (QED) is 0.542. The van der Waals surface area contributed by atoms with E-state index < -0.39 is 26.1 Å². The van der Waals surface area contributed by atoms with Gasteiger partial charge in [-0.15, -0.1) is 5.11 Å². The van der Waals surface area contributed by atoms with Gasteiger partial charge in [0.15, 0.2) is 11.1 Å². The molecule has 0 aliphatic rings. The summed E-state index contributed by atoms with van der Waals surface area (Å²) in [5.41, 5.74) is 2.14. The van der Waals surface area contributed by atoms with E-state index in [2.05, 4.69) is 10.2 Å². The minimum absolute atomic E-state index is 0.0892. The summed E-state index contributed by atoms with van der Waals surface area (Å²) >= 11 is -1.85. The van der Waals surface area contributed by atoms with Crippen LogP contribution in [0, 0.1) is 13.8 Å². The number of ether oxygens (including phenoxy) is 1. The van der Waals surface area contributed by atoms with Crippen molar-refractivity contribution in [3.8, 4) is 5.75 Å². The van der Waals surface area contributed by atoms with E-state index in [1.54, 1.807) is 13.0 Å². The number of hydrogen-bond donors (Lipinski definition) is 1. The number of methoxy groups -OCH3 is 1. The van der Waals surface area contributed by atoms with Crippen LogP contribution in [-0.4, -0.2) is 30.9 Å². The van der Waals surface area contributed by atoms with Gasteiger partial charge in [-0.05, 0) is 50.1 Å². The maximum atomic E-state index is 11.9. The SMILES string of the molecule is CCOS(=O)c1ccc(N=Nc2cc(OC)c(C)cc2C)c(S(=O)(=O)O)c1. The average molecular weight is 412 g/mol. The van der Waals surface area contributed by atoms with E-state index in [0.29, 0.717) is 11.4 Å². The Morgan fingerprint density at radius 2 is 1.74 bits per heavy atom. The monoisotopic (exact) mass is 412 g/mol. The lowest BCUT2D eigenvalue weighted by Gasteiger charge is -2.08. The first-order chi connectivity index (χ1) is 12.7. The van der Waals surface area contributed by atoms with E-state index in [1.807, 2.05) is 19.9 Å². The van der Waals surface area contributed by atoms with Crippen LogP contribution >= 0.6 is 0 Å². The van der Waals surface area contributed by atoms with E-state index in [9.17, 15) is 17.2 Å². The summed E-state index contributed by atoms with van der Waals surface area (Å²) in [6.45, 7) is 5.56. The topological polar surface area (TPSA) is 115 Å². The molecule has 0 aliphatic carbocycles. The Hall–Kier alpha value is -2.14. The molecule has 0 radical (unpaired) electrons. The molecule has 2 rings (SSSR count). The minimum atomic E-state index is -4.61. The molecule has 0 amide bonds. The fraction of sp³-hybridized carbons (Fsp3) is 0.294. The van der Waals surface area contributed by atoms with Crippen molar-refractivity contribution in [3.05, 3.63) is 41.5 Å². The van der Waals surface area contributed by atoms with Crippen LogP contribution < -0.4 is 4.74 Å². The fourth-order valence-electron chi connectivity index (χ4n) is 2.32. The maximum Gasteiger partial charge on any atom is 0.296 e. The summed E-state index contributed by atoms with van der Waals surface area (Å²) in [7, 11) is -3.07. The molecular formula is C17H20N2O6S2. The number of azo groups is 1. The molecule has 0 aliphatic heterocycles. The lowest BCUT2D eigenvalue weighted by molar-refractivity contribution is 0.371. The second-order valence-corrected chi connectivity index (χ2v) is 8.12. The largest absolute Gasteiger partial charge is 0.496 e. The van der Waals surface area contributed by atoms with Gasteiger partial charge in [-0.25, -0.2) is 4.21 Å². The highest BCUT2D eigenvalue weighted by Gasteiger charge is 2.19. The lowest BCUT2D eigenvalue weighted by Crippen LogP contribution is -2.02. The molecule has 0 spiro atoms. The molecule has 0 heterocycles. The molecule has 0 saturated heterocycles. The summed E-state index contributed by atoms with van der Waals surface area (Å²) in [4.78, 5) is -0.412. The second-order valence-electron chi connectivity index (χ2n) is 5.55.